The third-order valence-electron chi connectivity index (χ3n) is 3.58. The first-order valence-corrected chi connectivity index (χ1v) is 6.94. The molecule has 2 N–H and O–H groups in total. The summed E-state index contributed by atoms with van der Waals surface area (Å²) in [5, 5.41) is 9.88. The zero-order valence-electron chi connectivity index (χ0n) is 10.7. The first-order valence-electron chi connectivity index (χ1n) is 6.50. The number of aromatic amines is 1. The number of nitrogens with zero attached hydrogens (tertiary/aromatic N) is 3. The normalized spacial score (nSPS) is 23.7. The molecule has 7 heteroatoms. The maximum Gasteiger partial charge on any atom is 0.349 e. The van der Waals surface area contributed by atoms with Crippen molar-refractivity contribution < 1.29 is 0 Å². The van der Waals surface area contributed by atoms with Gasteiger partial charge in [-0.25, -0.2) is 19.3 Å². The molecule has 0 radical (unpaired) electrons. The maximum atomic E-state index is 11.5. The number of fused-ring (bicyclic) bond motifs is 1. The molecule has 2 aromatic heterocycles. The predicted octanol–water partition coefficient (Wildman–Crippen LogP) is 1.69. The Balaban J connectivity index is 1.91. The van der Waals surface area contributed by atoms with E-state index in [4.69, 9.17) is 11.6 Å². The van der Waals surface area contributed by atoms with Gasteiger partial charge in [0.1, 0.15) is 11.6 Å². The Morgan fingerprint density at radius 3 is 3.05 bits per heavy atom. The van der Waals surface area contributed by atoms with Crippen molar-refractivity contribution in [2.24, 2.45) is 0 Å². The van der Waals surface area contributed by atoms with Crippen molar-refractivity contribution in [3.63, 3.8) is 0 Å². The minimum absolute atomic E-state index is 0.133. The predicted molar refractivity (Wildman–Crippen MR) is 73.9 cm³/mol. The third-order valence-corrected chi connectivity index (χ3v) is 4.11. The van der Waals surface area contributed by atoms with Gasteiger partial charge in [0.15, 0.2) is 5.65 Å². The summed E-state index contributed by atoms with van der Waals surface area (Å²) in [4.78, 5) is 15.9. The Bertz CT molecular complexity index is 649. The molecule has 6 nitrogen and oxygen atoms in total. The number of rotatable bonds is 2. The number of alkyl halides is 1. The standard InChI is InChI=1S/C12H16ClN5O/c1-7-14-10(6-11-16-17-12(19)18(7)11)15-9-5-3-2-4-8(9)13/h6,8-9,15H,2-5H2,1H3,(H,17,19). The van der Waals surface area contributed by atoms with Crippen LogP contribution < -0.4 is 11.0 Å². The van der Waals surface area contributed by atoms with E-state index in [1.807, 2.05) is 0 Å². The molecule has 0 aliphatic heterocycles. The second-order valence-electron chi connectivity index (χ2n) is 4.96. The molecule has 3 rings (SSSR count). The van der Waals surface area contributed by atoms with E-state index in [9.17, 15) is 4.79 Å². The summed E-state index contributed by atoms with van der Waals surface area (Å²) in [6.07, 6.45) is 4.45. The number of halogens is 1. The zero-order chi connectivity index (χ0) is 13.4. The third kappa shape index (κ3) is 2.32. The van der Waals surface area contributed by atoms with Gasteiger partial charge in [-0.15, -0.1) is 11.6 Å². The molecular weight excluding hydrogens is 266 g/mol. The van der Waals surface area contributed by atoms with E-state index in [2.05, 4.69) is 20.5 Å². The molecular formula is C12H16ClN5O. The van der Waals surface area contributed by atoms with Crippen LogP contribution >= 0.6 is 11.6 Å². The number of hydrogen-bond acceptors (Lipinski definition) is 4. The number of H-pyrrole nitrogens is 1. The van der Waals surface area contributed by atoms with Gasteiger partial charge in [-0.1, -0.05) is 12.8 Å². The lowest BCUT2D eigenvalue weighted by Crippen LogP contribution is -2.33. The van der Waals surface area contributed by atoms with E-state index >= 15 is 0 Å². The Kier molecular flexibility index (Phi) is 3.18. The molecule has 1 aliphatic rings. The van der Waals surface area contributed by atoms with Gasteiger partial charge in [-0.05, 0) is 19.8 Å². The smallest absolute Gasteiger partial charge is 0.349 e. The molecule has 1 aliphatic carbocycles. The molecule has 1 saturated carbocycles. The minimum Gasteiger partial charge on any atom is -0.366 e. The van der Waals surface area contributed by atoms with Crippen LogP contribution in [-0.4, -0.2) is 31.0 Å². The molecule has 2 heterocycles. The summed E-state index contributed by atoms with van der Waals surface area (Å²) >= 11 is 6.33. The second kappa shape index (κ2) is 4.85. The first-order chi connectivity index (χ1) is 9.15. The monoisotopic (exact) mass is 281 g/mol. The fourth-order valence-electron chi connectivity index (χ4n) is 2.61. The molecule has 2 aromatic rings. The van der Waals surface area contributed by atoms with Crippen molar-refractivity contribution >= 4 is 23.1 Å². The highest BCUT2D eigenvalue weighted by Gasteiger charge is 2.23. The van der Waals surface area contributed by atoms with Crippen LogP contribution in [0.4, 0.5) is 5.82 Å². The van der Waals surface area contributed by atoms with Crippen molar-refractivity contribution in [2.75, 3.05) is 5.32 Å². The molecule has 2 atom stereocenters. The lowest BCUT2D eigenvalue weighted by atomic mass is 9.95. The van der Waals surface area contributed by atoms with Crippen molar-refractivity contribution in [3.8, 4) is 0 Å². The lowest BCUT2D eigenvalue weighted by Gasteiger charge is -2.28. The van der Waals surface area contributed by atoms with Gasteiger partial charge in [0, 0.05) is 12.1 Å². The summed E-state index contributed by atoms with van der Waals surface area (Å²) < 4.78 is 1.45. The fraction of sp³-hybridized carbons (Fsp3) is 0.583. The Labute approximate surface area is 115 Å². The van der Waals surface area contributed by atoms with Crippen LogP contribution in [0.25, 0.3) is 5.65 Å². The largest absolute Gasteiger partial charge is 0.366 e. The second-order valence-corrected chi connectivity index (χ2v) is 5.52. The minimum atomic E-state index is -0.264. The number of aromatic nitrogens is 4. The Morgan fingerprint density at radius 2 is 2.26 bits per heavy atom. The number of hydrogen-bond donors (Lipinski definition) is 2. The number of nitrogens with one attached hydrogen (secondary N) is 2. The summed E-state index contributed by atoms with van der Waals surface area (Å²) in [6, 6.07) is 2.00. The van der Waals surface area contributed by atoms with Gasteiger partial charge >= 0.3 is 5.69 Å². The topological polar surface area (TPSA) is 75.1 Å². The van der Waals surface area contributed by atoms with Crippen molar-refractivity contribution in [1.29, 1.82) is 0 Å². The molecule has 0 bridgehead atoms. The van der Waals surface area contributed by atoms with Gasteiger partial charge in [0.05, 0.1) is 5.38 Å². The Hall–Kier alpha value is -1.56. The zero-order valence-corrected chi connectivity index (χ0v) is 11.4. The molecule has 1 fully saturated rings. The van der Waals surface area contributed by atoms with Gasteiger partial charge in [0.25, 0.3) is 0 Å². The van der Waals surface area contributed by atoms with E-state index in [-0.39, 0.29) is 17.1 Å². The van der Waals surface area contributed by atoms with E-state index in [1.54, 1.807) is 13.0 Å². The summed E-state index contributed by atoms with van der Waals surface area (Å²) in [5.41, 5.74) is 0.307. The van der Waals surface area contributed by atoms with Crippen LogP contribution in [0, 0.1) is 6.92 Å². The van der Waals surface area contributed by atoms with Crippen LogP contribution in [0.2, 0.25) is 0 Å². The molecule has 2 unspecified atom stereocenters. The highest BCUT2D eigenvalue weighted by molar-refractivity contribution is 6.21. The van der Waals surface area contributed by atoms with Crippen molar-refractivity contribution in [1.82, 2.24) is 19.6 Å². The maximum absolute atomic E-state index is 11.5. The summed E-state index contributed by atoms with van der Waals surface area (Å²) in [5.74, 6) is 1.34. The molecule has 0 spiro atoms. The molecule has 0 amide bonds. The van der Waals surface area contributed by atoms with Crippen LogP contribution in [0.1, 0.15) is 31.5 Å². The summed E-state index contributed by atoms with van der Waals surface area (Å²) in [7, 11) is 0. The van der Waals surface area contributed by atoms with Crippen LogP contribution in [0.15, 0.2) is 10.9 Å². The van der Waals surface area contributed by atoms with Gasteiger partial charge < -0.3 is 5.32 Å². The van der Waals surface area contributed by atoms with E-state index in [0.29, 0.717) is 11.5 Å². The van der Waals surface area contributed by atoms with Gasteiger partial charge in [-0.3, -0.25) is 0 Å². The fourth-order valence-corrected chi connectivity index (χ4v) is 2.95. The SMILES string of the molecule is Cc1nc(NC2CCCCC2Cl)cc2n[nH]c(=O)n12. The molecule has 19 heavy (non-hydrogen) atoms. The average Bonchev–Trinajstić information content (AvgIpc) is 2.74. The van der Waals surface area contributed by atoms with Gasteiger partial charge in [0.2, 0.25) is 0 Å². The van der Waals surface area contributed by atoms with Crippen LogP contribution in [-0.2, 0) is 0 Å². The van der Waals surface area contributed by atoms with Crippen molar-refractivity contribution in [3.05, 3.63) is 22.4 Å². The highest BCUT2D eigenvalue weighted by atomic mass is 35.5. The van der Waals surface area contributed by atoms with Crippen LogP contribution in [0.3, 0.4) is 0 Å². The van der Waals surface area contributed by atoms with Crippen molar-refractivity contribution in [2.45, 2.75) is 44.0 Å². The lowest BCUT2D eigenvalue weighted by molar-refractivity contribution is 0.468. The van der Waals surface area contributed by atoms with E-state index in [0.717, 1.165) is 18.7 Å². The Morgan fingerprint density at radius 1 is 1.47 bits per heavy atom. The average molecular weight is 282 g/mol. The highest BCUT2D eigenvalue weighted by Crippen LogP contribution is 2.25. The quantitative estimate of drug-likeness (QED) is 0.822. The number of anilines is 1. The molecule has 0 saturated heterocycles. The van der Waals surface area contributed by atoms with E-state index < -0.39 is 0 Å². The number of aryl methyl sites for hydroxylation is 1. The van der Waals surface area contributed by atoms with E-state index in [1.165, 1.54) is 17.2 Å². The summed E-state index contributed by atoms with van der Waals surface area (Å²) in [6.45, 7) is 1.79. The first kappa shape index (κ1) is 12.5. The molecule has 102 valence electrons. The molecule has 0 aromatic carbocycles. The van der Waals surface area contributed by atoms with Gasteiger partial charge in [-0.2, -0.15) is 5.10 Å². The van der Waals surface area contributed by atoms with Crippen LogP contribution in [0.5, 0.6) is 0 Å².